The summed E-state index contributed by atoms with van der Waals surface area (Å²) in [4.78, 5) is 14.7. The molecule has 0 N–H and O–H groups in total. The number of carbonyl (C=O) groups is 1. The zero-order valence-corrected chi connectivity index (χ0v) is 8.81. The molecular weight excluding hydrogens is 194 g/mol. The number of rotatable bonds is 6. The molecule has 0 saturated heterocycles. The molecule has 0 aliphatic rings. The Labute approximate surface area is 89.2 Å². The number of pyridine rings is 1. The van der Waals surface area contributed by atoms with Crippen molar-refractivity contribution < 1.29 is 14.3 Å². The van der Waals surface area contributed by atoms with Gasteiger partial charge in [0.1, 0.15) is 0 Å². The van der Waals surface area contributed by atoms with Gasteiger partial charge in [-0.05, 0) is 24.1 Å². The summed E-state index contributed by atoms with van der Waals surface area (Å²) in [6.07, 6.45) is 4.56. The van der Waals surface area contributed by atoms with Crippen molar-refractivity contribution >= 4 is 5.97 Å². The quantitative estimate of drug-likeness (QED) is 0.527. The second-order valence-electron chi connectivity index (χ2n) is 3.09. The maximum absolute atomic E-state index is 10.8. The molecular formula is C11H15NO3. The molecule has 0 amide bonds. The second-order valence-corrected chi connectivity index (χ2v) is 3.09. The Kier molecular flexibility index (Phi) is 5.40. The lowest BCUT2D eigenvalue weighted by Gasteiger charge is -2.03. The van der Waals surface area contributed by atoms with Crippen molar-refractivity contribution in [1.82, 2.24) is 4.98 Å². The first kappa shape index (κ1) is 11.7. The zero-order valence-electron chi connectivity index (χ0n) is 8.81. The minimum atomic E-state index is -0.192. The minimum absolute atomic E-state index is 0.192. The molecule has 0 saturated carbocycles. The van der Waals surface area contributed by atoms with Gasteiger partial charge in [-0.25, -0.2) is 0 Å². The van der Waals surface area contributed by atoms with E-state index >= 15 is 0 Å². The number of ether oxygens (including phenoxy) is 2. The highest BCUT2D eigenvalue weighted by atomic mass is 16.5. The topological polar surface area (TPSA) is 48.4 Å². The highest BCUT2D eigenvalue weighted by Gasteiger charge is 1.99. The van der Waals surface area contributed by atoms with Crippen LogP contribution in [0.15, 0.2) is 24.5 Å². The molecule has 1 heterocycles. The number of methoxy groups -OCH3 is 1. The molecule has 0 aliphatic carbocycles. The summed E-state index contributed by atoms with van der Waals surface area (Å²) < 4.78 is 9.89. The van der Waals surface area contributed by atoms with Gasteiger partial charge in [-0.15, -0.1) is 0 Å². The van der Waals surface area contributed by atoms with Crippen molar-refractivity contribution in [2.24, 2.45) is 0 Å². The molecule has 0 unspecified atom stereocenters. The highest BCUT2D eigenvalue weighted by molar-refractivity contribution is 5.68. The Morgan fingerprint density at radius 3 is 2.80 bits per heavy atom. The van der Waals surface area contributed by atoms with Gasteiger partial charge in [0.05, 0.1) is 13.7 Å². The molecule has 0 aliphatic heterocycles. The Morgan fingerprint density at radius 1 is 1.40 bits per heavy atom. The molecule has 0 atom stereocenters. The molecule has 1 aromatic rings. The summed E-state index contributed by atoms with van der Waals surface area (Å²) in [7, 11) is 1.39. The average Bonchev–Trinajstić information content (AvgIpc) is 2.29. The van der Waals surface area contributed by atoms with Gasteiger partial charge in [0.25, 0.3) is 0 Å². The van der Waals surface area contributed by atoms with Gasteiger partial charge in [0, 0.05) is 25.4 Å². The Morgan fingerprint density at radius 2 is 2.13 bits per heavy atom. The maximum Gasteiger partial charge on any atom is 0.305 e. The number of esters is 1. The van der Waals surface area contributed by atoms with Crippen molar-refractivity contribution in [1.29, 1.82) is 0 Å². The van der Waals surface area contributed by atoms with Crippen LogP contribution in [0.4, 0.5) is 0 Å². The van der Waals surface area contributed by atoms with Crippen LogP contribution in [0.5, 0.6) is 0 Å². The first-order valence-corrected chi connectivity index (χ1v) is 4.86. The van der Waals surface area contributed by atoms with Crippen LogP contribution in [-0.4, -0.2) is 24.7 Å². The molecule has 4 heteroatoms. The van der Waals surface area contributed by atoms with Crippen molar-refractivity contribution in [3.05, 3.63) is 30.1 Å². The van der Waals surface area contributed by atoms with Gasteiger partial charge in [0.15, 0.2) is 0 Å². The number of nitrogens with zero attached hydrogens (tertiary/aromatic N) is 1. The van der Waals surface area contributed by atoms with Gasteiger partial charge in [-0.2, -0.15) is 0 Å². The predicted octanol–water partition coefficient (Wildman–Crippen LogP) is 1.55. The average molecular weight is 209 g/mol. The Balaban J connectivity index is 2.05. The first-order chi connectivity index (χ1) is 7.33. The van der Waals surface area contributed by atoms with Gasteiger partial charge in [0.2, 0.25) is 0 Å². The largest absolute Gasteiger partial charge is 0.469 e. The summed E-state index contributed by atoms with van der Waals surface area (Å²) >= 11 is 0. The van der Waals surface area contributed by atoms with E-state index in [0.29, 0.717) is 26.1 Å². The highest BCUT2D eigenvalue weighted by Crippen LogP contribution is 2.00. The Bertz CT molecular complexity index is 287. The van der Waals surface area contributed by atoms with Crippen LogP contribution in [0.25, 0.3) is 0 Å². The van der Waals surface area contributed by atoms with Crippen LogP contribution in [-0.2, 0) is 20.9 Å². The van der Waals surface area contributed by atoms with Crippen LogP contribution in [0, 0.1) is 0 Å². The molecule has 15 heavy (non-hydrogen) atoms. The van der Waals surface area contributed by atoms with Gasteiger partial charge >= 0.3 is 5.97 Å². The number of carbonyl (C=O) groups excluding carboxylic acids is 1. The summed E-state index contributed by atoms with van der Waals surface area (Å²) in [5.74, 6) is -0.192. The van der Waals surface area contributed by atoms with Crippen LogP contribution in [0.2, 0.25) is 0 Å². The fourth-order valence-corrected chi connectivity index (χ4v) is 1.09. The van der Waals surface area contributed by atoms with E-state index in [0.717, 1.165) is 5.56 Å². The van der Waals surface area contributed by atoms with E-state index in [2.05, 4.69) is 9.72 Å². The molecule has 4 nitrogen and oxygen atoms in total. The molecule has 0 spiro atoms. The van der Waals surface area contributed by atoms with Gasteiger partial charge in [-0.3, -0.25) is 9.78 Å². The third kappa shape index (κ3) is 5.12. The van der Waals surface area contributed by atoms with Crippen molar-refractivity contribution in [2.75, 3.05) is 13.7 Å². The van der Waals surface area contributed by atoms with E-state index in [9.17, 15) is 4.79 Å². The standard InChI is InChI=1S/C11H15NO3/c1-14-11(13)3-2-8-15-9-10-4-6-12-7-5-10/h4-7H,2-3,8-9H2,1H3. The summed E-state index contributed by atoms with van der Waals surface area (Å²) in [6.45, 7) is 1.13. The molecule has 0 radical (unpaired) electrons. The number of hydrogen-bond acceptors (Lipinski definition) is 4. The molecule has 0 fully saturated rings. The molecule has 82 valence electrons. The normalized spacial score (nSPS) is 9.93. The van der Waals surface area contributed by atoms with E-state index in [1.165, 1.54) is 7.11 Å². The third-order valence-corrected chi connectivity index (χ3v) is 1.92. The van der Waals surface area contributed by atoms with Crippen LogP contribution in [0.1, 0.15) is 18.4 Å². The first-order valence-electron chi connectivity index (χ1n) is 4.86. The van der Waals surface area contributed by atoms with Crippen LogP contribution < -0.4 is 0 Å². The maximum atomic E-state index is 10.8. The summed E-state index contributed by atoms with van der Waals surface area (Å²) in [5.41, 5.74) is 1.09. The summed E-state index contributed by atoms with van der Waals surface area (Å²) in [5, 5.41) is 0. The van der Waals surface area contributed by atoms with Crippen LogP contribution >= 0.6 is 0 Å². The predicted molar refractivity (Wildman–Crippen MR) is 55.1 cm³/mol. The lowest BCUT2D eigenvalue weighted by molar-refractivity contribution is -0.141. The SMILES string of the molecule is COC(=O)CCCOCc1ccncc1. The van der Waals surface area contributed by atoms with E-state index in [1.807, 2.05) is 12.1 Å². The molecule has 1 rings (SSSR count). The number of hydrogen-bond donors (Lipinski definition) is 0. The third-order valence-electron chi connectivity index (χ3n) is 1.92. The fraction of sp³-hybridized carbons (Fsp3) is 0.455. The van der Waals surface area contributed by atoms with Crippen molar-refractivity contribution in [3.63, 3.8) is 0 Å². The monoisotopic (exact) mass is 209 g/mol. The van der Waals surface area contributed by atoms with E-state index in [1.54, 1.807) is 12.4 Å². The lowest BCUT2D eigenvalue weighted by Crippen LogP contribution is -2.03. The zero-order chi connectivity index (χ0) is 10.9. The van der Waals surface area contributed by atoms with E-state index in [4.69, 9.17) is 4.74 Å². The number of aromatic nitrogens is 1. The smallest absolute Gasteiger partial charge is 0.305 e. The molecule has 0 bridgehead atoms. The van der Waals surface area contributed by atoms with Crippen molar-refractivity contribution in [3.8, 4) is 0 Å². The van der Waals surface area contributed by atoms with E-state index in [-0.39, 0.29) is 5.97 Å². The van der Waals surface area contributed by atoms with E-state index < -0.39 is 0 Å². The minimum Gasteiger partial charge on any atom is -0.469 e. The summed E-state index contributed by atoms with van der Waals surface area (Å²) in [6, 6.07) is 3.81. The molecule has 1 aromatic heterocycles. The van der Waals surface area contributed by atoms with Gasteiger partial charge in [-0.1, -0.05) is 0 Å². The fourth-order valence-electron chi connectivity index (χ4n) is 1.09. The Hall–Kier alpha value is -1.42. The second kappa shape index (κ2) is 6.95. The van der Waals surface area contributed by atoms with Gasteiger partial charge < -0.3 is 9.47 Å². The van der Waals surface area contributed by atoms with Crippen LogP contribution in [0.3, 0.4) is 0 Å². The molecule has 0 aromatic carbocycles. The lowest BCUT2D eigenvalue weighted by atomic mass is 10.3. The van der Waals surface area contributed by atoms with Crippen molar-refractivity contribution in [2.45, 2.75) is 19.4 Å².